The van der Waals surface area contributed by atoms with Crippen molar-refractivity contribution in [2.24, 2.45) is 5.41 Å². The highest BCUT2D eigenvalue weighted by Gasteiger charge is 2.54. The van der Waals surface area contributed by atoms with Crippen molar-refractivity contribution >= 4 is 17.5 Å². The second-order valence-electron chi connectivity index (χ2n) is 7.26. The molecular weight excluding hydrogens is 304 g/mol. The molecule has 2 fully saturated rings. The Labute approximate surface area is 140 Å². The summed E-state index contributed by atoms with van der Waals surface area (Å²) in [6.45, 7) is 4.21. The van der Waals surface area contributed by atoms with Crippen molar-refractivity contribution in [2.45, 2.75) is 19.4 Å². The van der Waals surface area contributed by atoms with Crippen LogP contribution in [0.15, 0.2) is 35.9 Å². The lowest BCUT2D eigenvalue weighted by Gasteiger charge is -2.43. The smallest absolute Gasteiger partial charge is 0.223 e. The van der Waals surface area contributed by atoms with Gasteiger partial charge in [0.15, 0.2) is 11.6 Å². The molecule has 5 nitrogen and oxygen atoms in total. The van der Waals surface area contributed by atoms with E-state index in [1.54, 1.807) is 24.3 Å². The minimum absolute atomic E-state index is 0.0583. The maximum atomic E-state index is 13.1. The first-order valence-corrected chi connectivity index (χ1v) is 8.30. The van der Waals surface area contributed by atoms with Gasteiger partial charge in [-0.3, -0.25) is 14.4 Å². The Balaban J connectivity index is 1.79. The summed E-state index contributed by atoms with van der Waals surface area (Å²) in [4.78, 5) is 42.1. The van der Waals surface area contributed by atoms with Crippen LogP contribution in [-0.4, -0.2) is 60.0 Å². The molecule has 0 radical (unpaired) electrons. The lowest BCUT2D eigenvalue weighted by atomic mass is 9.69. The third kappa shape index (κ3) is 2.01. The SMILES string of the molecule is CN1CCN2C(=O)CC(C)(C3=CC(=O)c4ccccc4C3=O)C2C1. The number of rotatable bonds is 1. The average molecular weight is 324 g/mol. The summed E-state index contributed by atoms with van der Waals surface area (Å²) < 4.78 is 0. The van der Waals surface area contributed by atoms with Crippen molar-refractivity contribution in [1.29, 1.82) is 0 Å². The number of hydrogen-bond donors (Lipinski definition) is 0. The number of piperazine rings is 1. The maximum Gasteiger partial charge on any atom is 0.223 e. The van der Waals surface area contributed by atoms with Crippen LogP contribution in [0.3, 0.4) is 0 Å². The summed E-state index contributed by atoms with van der Waals surface area (Å²) in [6.07, 6.45) is 1.76. The van der Waals surface area contributed by atoms with Crippen LogP contribution < -0.4 is 0 Å². The van der Waals surface area contributed by atoms with E-state index in [1.807, 2.05) is 18.9 Å². The third-order valence-corrected chi connectivity index (χ3v) is 5.73. The summed E-state index contributed by atoms with van der Waals surface area (Å²) >= 11 is 0. The second-order valence-corrected chi connectivity index (χ2v) is 7.26. The first kappa shape index (κ1) is 15.3. The molecule has 0 aromatic heterocycles. The molecule has 0 N–H and O–H groups in total. The Bertz CT molecular complexity index is 798. The highest BCUT2D eigenvalue weighted by molar-refractivity contribution is 6.25. The molecule has 0 bridgehead atoms. The molecule has 2 unspecified atom stereocenters. The average Bonchev–Trinajstić information content (AvgIpc) is 2.82. The third-order valence-electron chi connectivity index (χ3n) is 5.73. The van der Waals surface area contributed by atoms with Crippen molar-refractivity contribution < 1.29 is 14.4 Å². The Kier molecular flexibility index (Phi) is 3.25. The van der Waals surface area contributed by atoms with Crippen LogP contribution in [0.4, 0.5) is 0 Å². The Morgan fingerprint density at radius 3 is 2.54 bits per heavy atom. The Hall–Kier alpha value is -2.27. The van der Waals surface area contributed by atoms with Gasteiger partial charge in [0, 0.05) is 48.2 Å². The number of hydrogen-bond acceptors (Lipinski definition) is 4. The molecule has 3 aliphatic rings. The van der Waals surface area contributed by atoms with Crippen molar-refractivity contribution in [1.82, 2.24) is 9.80 Å². The lowest BCUT2D eigenvalue weighted by Crippen LogP contribution is -2.54. The molecule has 1 aliphatic carbocycles. The standard InChI is InChI=1S/C19H20N2O3/c1-19(10-17(23)21-8-7-20(2)11-16(19)21)14-9-15(22)12-5-3-4-6-13(12)18(14)24/h3-6,9,16H,7-8,10-11H2,1-2H3. The van der Waals surface area contributed by atoms with Crippen molar-refractivity contribution in [3.63, 3.8) is 0 Å². The van der Waals surface area contributed by atoms with Crippen LogP contribution >= 0.6 is 0 Å². The second kappa shape index (κ2) is 5.11. The van der Waals surface area contributed by atoms with Crippen molar-refractivity contribution in [2.75, 3.05) is 26.7 Å². The molecule has 24 heavy (non-hydrogen) atoms. The Morgan fingerprint density at radius 1 is 1.08 bits per heavy atom. The minimum Gasteiger partial charge on any atom is -0.336 e. The van der Waals surface area contributed by atoms with Gasteiger partial charge in [0.2, 0.25) is 5.91 Å². The molecule has 2 saturated heterocycles. The van der Waals surface area contributed by atoms with E-state index in [0.717, 1.165) is 13.1 Å². The van der Waals surface area contributed by atoms with E-state index in [9.17, 15) is 14.4 Å². The van der Waals surface area contributed by atoms with E-state index in [-0.39, 0.29) is 23.5 Å². The first-order valence-electron chi connectivity index (χ1n) is 8.30. The lowest BCUT2D eigenvalue weighted by molar-refractivity contribution is -0.130. The Morgan fingerprint density at radius 2 is 1.79 bits per heavy atom. The molecule has 5 heteroatoms. The minimum atomic E-state index is -0.619. The van der Waals surface area contributed by atoms with Gasteiger partial charge < -0.3 is 9.80 Å². The van der Waals surface area contributed by atoms with E-state index in [1.165, 1.54) is 6.08 Å². The number of Topliss-reactive ketones (excluding diaryl/α,β-unsaturated/α-hetero) is 1. The number of benzene rings is 1. The topological polar surface area (TPSA) is 57.7 Å². The van der Waals surface area contributed by atoms with Gasteiger partial charge in [0.25, 0.3) is 0 Å². The fourth-order valence-corrected chi connectivity index (χ4v) is 4.31. The van der Waals surface area contributed by atoms with Gasteiger partial charge in [-0.1, -0.05) is 31.2 Å². The largest absolute Gasteiger partial charge is 0.336 e. The number of amides is 1. The van der Waals surface area contributed by atoms with E-state index >= 15 is 0 Å². The van der Waals surface area contributed by atoms with E-state index in [2.05, 4.69) is 4.90 Å². The number of ketones is 2. The molecule has 1 aromatic carbocycles. The molecule has 1 aromatic rings. The normalized spacial score (nSPS) is 30.2. The quantitative estimate of drug-likeness (QED) is 0.786. The highest BCUT2D eigenvalue weighted by Crippen LogP contribution is 2.47. The van der Waals surface area contributed by atoms with Crippen LogP contribution in [-0.2, 0) is 4.79 Å². The summed E-state index contributed by atoms with van der Waals surface area (Å²) in [5.74, 6) is -0.178. The monoisotopic (exact) mass is 324 g/mol. The molecular formula is C19H20N2O3. The number of fused-ring (bicyclic) bond motifs is 2. The van der Waals surface area contributed by atoms with Crippen LogP contribution in [0.5, 0.6) is 0 Å². The predicted molar refractivity (Wildman–Crippen MR) is 88.9 cm³/mol. The molecule has 2 heterocycles. The number of allylic oxidation sites excluding steroid dienone is 1. The zero-order chi connectivity index (χ0) is 17.1. The molecule has 4 rings (SSSR count). The molecule has 2 aliphatic heterocycles. The molecule has 124 valence electrons. The zero-order valence-corrected chi connectivity index (χ0v) is 13.9. The van der Waals surface area contributed by atoms with Gasteiger partial charge in [-0.2, -0.15) is 0 Å². The van der Waals surface area contributed by atoms with Gasteiger partial charge in [0.05, 0.1) is 6.04 Å². The molecule has 0 saturated carbocycles. The predicted octanol–water partition coefficient (Wildman–Crippen LogP) is 1.54. The molecule has 2 atom stereocenters. The fourth-order valence-electron chi connectivity index (χ4n) is 4.31. The van der Waals surface area contributed by atoms with E-state index in [4.69, 9.17) is 0 Å². The summed E-state index contributed by atoms with van der Waals surface area (Å²) in [7, 11) is 2.03. The van der Waals surface area contributed by atoms with Gasteiger partial charge >= 0.3 is 0 Å². The molecule has 0 spiro atoms. The van der Waals surface area contributed by atoms with E-state index in [0.29, 0.717) is 29.7 Å². The van der Waals surface area contributed by atoms with Crippen molar-refractivity contribution in [3.8, 4) is 0 Å². The molecule has 1 amide bonds. The van der Waals surface area contributed by atoms with Gasteiger partial charge in [-0.25, -0.2) is 0 Å². The van der Waals surface area contributed by atoms with Gasteiger partial charge in [-0.15, -0.1) is 0 Å². The summed E-state index contributed by atoms with van der Waals surface area (Å²) in [5, 5.41) is 0. The van der Waals surface area contributed by atoms with Crippen LogP contribution in [0.25, 0.3) is 0 Å². The highest BCUT2D eigenvalue weighted by atomic mass is 16.2. The maximum absolute atomic E-state index is 13.1. The summed E-state index contributed by atoms with van der Waals surface area (Å²) in [6, 6.07) is 6.87. The zero-order valence-electron chi connectivity index (χ0n) is 13.9. The fraction of sp³-hybridized carbons (Fsp3) is 0.421. The summed E-state index contributed by atoms with van der Waals surface area (Å²) in [5.41, 5.74) is 0.780. The van der Waals surface area contributed by atoms with E-state index < -0.39 is 5.41 Å². The first-order chi connectivity index (χ1) is 11.4. The number of nitrogens with zero attached hydrogens (tertiary/aromatic N) is 2. The van der Waals surface area contributed by atoms with Crippen LogP contribution in [0.1, 0.15) is 34.1 Å². The number of carbonyl (C=O) groups is 3. The number of carbonyl (C=O) groups excluding carboxylic acids is 3. The van der Waals surface area contributed by atoms with Crippen LogP contribution in [0, 0.1) is 5.41 Å². The van der Waals surface area contributed by atoms with Crippen molar-refractivity contribution in [3.05, 3.63) is 47.0 Å². The van der Waals surface area contributed by atoms with Gasteiger partial charge in [-0.05, 0) is 13.1 Å². The number of likely N-dealkylation sites (N-methyl/N-ethyl adjacent to an activating group) is 1. The van der Waals surface area contributed by atoms with Crippen LogP contribution in [0.2, 0.25) is 0 Å². The van der Waals surface area contributed by atoms with Gasteiger partial charge in [0.1, 0.15) is 0 Å².